The number of benzene rings is 1. The topological polar surface area (TPSA) is 89.8 Å². The van der Waals surface area contributed by atoms with Crippen LogP contribution in [0, 0.1) is 10.1 Å². The lowest BCUT2D eigenvalue weighted by atomic mass is 10.2. The largest absolute Gasteiger partial charge is 0.495 e. The summed E-state index contributed by atoms with van der Waals surface area (Å²) in [5.41, 5.74) is -0.213. The summed E-state index contributed by atoms with van der Waals surface area (Å²) in [5, 5.41) is 10.7. The molecule has 0 aliphatic rings. The Kier molecular flexibility index (Phi) is 5.68. The van der Waals surface area contributed by atoms with Crippen LogP contribution in [0.3, 0.4) is 0 Å². The first kappa shape index (κ1) is 17.4. The van der Waals surface area contributed by atoms with E-state index in [0.717, 1.165) is 25.0 Å². The summed E-state index contributed by atoms with van der Waals surface area (Å²) >= 11 is 0. The molecule has 1 aromatic carbocycles. The first-order valence-electron chi connectivity index (χ1n) is 6.56. The standard InChI is InChI=1S/C13H20N2O5S/c1-5-6-10(2)14(3)21(18,19)13-8-7-11(15(16)17)9-12(13)20-4/h7-10H,5-6H2,1-4H3. The van der Waals surface area contributed by atoms with E-state index in [2.05, 4.69) is 0 Å². The van der Waals surface area contributed by atoms with Crippen molar-refractivity contribution in [3.63, 3.8) is 0 Å². The van der Waals surface area contributed by atoms with Crippen LogP contribution in [0.2, 0.25) is 0 Å². The quantitative estimate of drug-likeness (QED) is 0.569. The summed E-state index contributed by atoms with van der Waals surface area (Å²) in [6.45, 7) is 3.79. The second-order valence-corrected chi connectivity index (χ2v) is 6.72. The summed E-state index contributed by atoms with van der Waals surface area (Å²) in [7, 11) is -0.978. The van der Waals surface area contributed by atoms with Crippen molar-refractivity contribution < 1.29 is 18.1 Å². The van der Waals surface area contributed by atoms with Crippen LogP contribution in [0.25, 0.3) is 0 Å². The van der Waals surface area contributed by atoms with E-state index in [-0.39, 0.29) is 22.4 Å². The van der Waals surface area contributed by atoms with Crippen LogP contribution >= 0.6 is 0 Å². The molecule has 8 heteroatoms. The maximum absolute atomic E-state index is 12.6. The van der Waals surface area contributed by atoms with Gasteiger partial charge >= 0.3 is 0 Å². The van der Waals surface area contributed by atoms with Crippen molar-refractivity contribution in [3.8, 4) is 5.75 Å². The molecule has 1 unspecified atom stereocenters. The molecule has 0 N–H and O–H groups in total. The summed E-state index contributed by atoms with van der Waals surface area (Å²) in [6.07, 6.45) is 1.59. The Morgan fingerprint density at radius 2 is 2.05 bits per heavy atom. The third-order valence-electron chi connectivity index (χ3n) is 3.34. The summed E-state index contributed by atoms with van der Waals surface area (Å²) in [5.74, 6) is -0.0280. The zero-order valence-electron chi connectivity index (χ0n) is 12.6. The van der Waals surface area contributed by atoms with Gasteiger partial charge in [0, 0.05) is 19.2 Å². The number of methoxy groups -OCH3 is 1. The number of hydrogen-bond acceptors (Lipinski definition) is 5. The Balaban J connectivity index is 3.28. The van der Waals surface area contributed by atoms with E-state index in [1.807, 2.05) is 13.8 Å². The molecule has 0 aromatic heterocycles. The predicted molar refractivity (Wildman–Crippen MR) is 79.0 cm³/mol. The Morgan fingerprint density at radius 3 is 2.52 bits per heavy atom. The number of sulfonamides is 1. The van der Waals surface area contributed by atoms with Gasteiger partial charge in [-0.05, 0) is 19.4 Å². The van der Waals surface area contributed by atoms with E-state index < -0.39 is 14.9 Å². The Morgan fingerprint density at radius 1 is 1.43 bits per heavy atom. The maximum atomic E-state index is 12.6. The third-order valence-corrected chi connectivity index (χ3v) is 5.35. The summed E-state index contributed by atoms with van der Waals surface area (Å²) in [4.78, 5) is 10.1. The van der Waals surface area contributed by atoms with Gasteiger partial charge in [0.05, 0.1) is 18.1 Å². The number of nitrogens with zero attached hydrogens (tertiary/aromatic N) is 2. The molecule has 0 saturated heterocycles. The van der Waals surface area contributed by atoms with E-state index in [1.165, 1.54) is 24.5 Å². The molecule has 1 atom stereocenters. The molecular formula is C13H20N2O5S. The number of nitro benzene ring substituents is 1. The summed E-state index contributed by atoms with van der Waals surface area (Å²) < 4.78 is 31.4. The van der Waals surface area contributed by atoms with Gasteiger partial charge in [-0.2, -0.15) is 4.31 Å². The molecule has 7 nitrogen and oxygen atoms in total. The van der Waals surface area contributed by atoms with Gasteiger partial charge in [0.15, 0.2) is 0 Å². The van der Waals surface area contributed by atoms with Gasteiger partial charge in [-0.15, -0.1) is 0 Å². The van der Waals surface area contributed by atoms with E-state index in [9.17, 15) is 18.5 Å². The fourth-order valence-electron chi connectivity index (χ4n) is 1.97. The number of non-ortho nitro benzene ring substituents is 1. The van der Waals surface area contributed by atoms with Gasteiger partial charge in [-0.25, -0.2) is 8.42 Å². The molecule has 0 fully saturated rings. The number of nitro groups is 1. The number of hydrogen-bond donors (Lipinski definition) is 0. The first-order chi connectivity index (χ1) is 9.75. The predicted octanol–water partition coefficient (Wildman–Crippen LogP) is 2.41. The molecule has 1 aromatic rings. The van der Waals surface area contributed by atoms with E-state index in [4.69, 9.17) is 4.74 Å². The molecule has 21 heavy (non-hydrogen) atoms. The van der Waals surface area contributed by atoms with Crippen LogP contribution in [0.15, 0.2) is 23.1 Å². The number of ether oxygens (including phenoxy) is 1. The Hall–Kier alpha value is -1.67. The van der Waals surface area contributed by atoms with Crippen molar-refractivity contribution in [1.82, 2.24) is 4.31 Å². The molecule has 0 bridgehead atoms. The van der Waals surface area contributed by atoms with Crippen molar-refractivity contribution in [2.45, 2.75) is 37.6 Å². The fraction of sp³-hybridized carbons (Fsp3) is 0.538. The monoisotopic (exact) mass is 316 g/mol. The minimum Gasteiger partial charge on any atom is -0.495 e. The van der Waals surface area contributed by atoms with Crippen LogP contribution in [-0.4, -0.2) is 37.8 Å². The fourth-order valence-corrected chi connectivity index (χ4v) is 3.50. The van der Waals surface area contributed by atoms with E-state index in [0.29, 0.717) is 0 Å². The van der Waals surface area contributed by atoms with Gasteiger partial charge in [0.1, 0.15) is 10.6 Å². The van der Waals surface area contributed by atoms with Crippen molar-refractivity contribution in [3.05, 3.63) is 28.3 Å². The molecule has 0 heterocycles. The summed E-state index contributed by atoms with van der Waals surface area (Å²) in [6, 6.07) is 3.32. The smallest absolute Gasteiger partial charge is 0.273 e. The highest BCUT2D eigenvalue weighted by Crippen LogP contribution is 2.31. The zero-order valence-corrected chi connectivity index (χ0v) is 13.4. The van der Waals surface area contributed by atoms with Crippen molar-refractivity contribution in [2.75, 3.05) is 14.2 Å². The lowest BCUT2D eigenvalue weighted by Crippen LogP contribution is -2.35. The minimum atomic E-state index is -3.76. The molecule has 0 amide bonds. The molecule has 118 valence electrons. The van der Waals surface area contributed by atoms with Crippen LogP contribution in [0.4, 0.5) is 5.69 Å². The molecule has 1 rings (SSSR count). The average molecular weight is 316 g/mol. The molecular weight excluding hydrogens is 296 g/mol. The number of rotatable bonds is 7. The molecule has 0 radical (unpaired) electrons. The minimum absolute atomic E-state index is 0.0280. The van der Waals surface area contributed by atoms with E-state index >= 15 is 0 Å². The normalized spacial score (nSPS) is 13.2. The molecule has 0 aliphatic heterocycles. The SMILES string of the molecule is CCCC(C)N(C)S(=O)(=O)c1ccc([N+](=O)[O-])cc1OC. The van der Waals surface area contributed by atoms with Gasteiger partial charge in [0.25, 0.3) is 5.69 Å². The van der Waals surface area contributed by atoms with Crippen molar-refractivity contribution in [2.24, 2.45) is 0 Å². The highest BCUT2D eigenvalue weighted by molar-refractivity contribution is 7.89. The lowest BCUT2D eigenvalue weighted by molar-refractivity contribution is -0.385. The van der Waals surface area contributed by atoms with Gasteiger partial charge < -0.3 is 4.74 Å². The van der Waals surface area contributed by atoms with Crippen molar-refractivity contribution in [1.29, 1.82) is 0 Å². The Bertz CT molecular complexity index is 615. The maximum Gasteiger partial charge on any atom is 0.273 e. The molecule has 0 saturated carbocycles. The van der Waals surface area contributed by atoms with E-state index in [1.54, 1.807) is 0 Å². The second kappa shape index (κ2) is 6.86. The van der Waals surface area contributed by atoms with Crippen LogP contribution in [-0.2, 0) is 10.0 Å². The average Bonchev–Trinajstić information content (AvgIpc) is 2.45. The third kappa shape index (κ3) is 3.70. The van der Waals surface area contributed by atoms with Crippen molar-refractivity contribution >= 4 is 15.7 Å². The zero-order chi connectivity index (χ0) is 16.2. The highest BCUT2D eigenvalue weighted by Gasteiger charge is 2.29. The molecule has 0 spiro atoms. The first-order valence-corrected chi connectivity index (χ1v) is 8.00. The van der Waals surface area contributed by atoms with Gasteiger partial charge in [-0.1, -0.05) is 13.3 Å². The Labute approximate surface area is 124 Å². The second-order valence-electron chi connectivity index (χ2n) is 4.75. The van der Waals surface area contributed by atoms with Gasteiger partial charge in [0.2, 0.25) is 10.0 Å². The van der Waals surface area contributed by atoms with Crippen LogP contribution in [0.5, 0.6) is 5.75 Å². The lowest BCUT2D eigenvalue weighted by Gasteiger charge is -2.24. The molecule has 0 aliphatic carbocycles. The van der Waals surface area contributed by atoms with Crippen LogP contribution < -0.4 is 4.74 Å². The van der Waals surface area contributed by atoms with Crippen LogP contribution in [0.1, 0.15) is 26.7 Å². The highest BCUT2D eigenvalue weighted by atomic mass is 32.2. The van der Waals surface area contributed by atoms with Gasteiger partial charge in [-0.3, -0.25) is 10.1 Å².